The highest BCUT2D eigenvalue weighted by atomic mass is 16.6. The number of piperidine rings is 1. The van der Waals surface area contributed by atoms with E-state index < -0.39 is 28.8 Å². The van der Waals surface area contributed by atoms with Crippen molar-refractivity contribution in [2.24, 2.45) is 5.92 Å². The van der Waals surface area contributed by atoms with Gasteiger partial charge in [0.05, 0.1) is 18.1 Å². The number of para-hydroxylation sites is 1. The first-order valence-electron chi connectivity index (χ1n) is 13.4. The monoisotopic (exact) mass is 488 g/mol. The van der Waals surface area contributed by atoms with Crippen molar-refractivity contribution in [3.63, 3.8) is 0 Å². The highest BCUT2D eigenvalue weighted by Gasteiger charge is 2.82. The first-order chi connectivity index (χ1) is 17.5. The average molecular weight is 489 g/mol. The molecule has 9 rings (SSSR count). The Hall–Kier alpha value is -2.61. The number of methoxy groups -OCH3 is 1. The van der Waals surface area contributed by atoms with Crippen LogP contribution in [0.15, 0.2) is 42.5 Å². The molecule has 188 valence electrons. The molecule has 6 atom stereocenters. The Labute approximate surface area is 210 Å². The minimum atomic E-state index is -1.43. The van der Waals surface area contributed by atoms with Crippen LogP contribution >= 0.6 is 0 Å². The predicted octanol–water partition coefficient (Wildman–Crippen LogP) is 3.04. The Balaban J connectivity index is 1.28. The number of anilines is 1. The molecule has 2 aromatic carbocycles. The summed E-state index contributed by atoms with van der Waals surface area (Å²) in [6, 6.07) is 13.7. The number of hydrogen-bond acceptors (Lipinski definition) is 6. The minimum Gasteiger partial charge on any atom is -0.493 e. The molecule has 7 heteroatoms. The molecular formula is C29H32N2O5. The Bertz CT molecular complexity index is 1260. The van der Waals surface area contributed by atoms with E-state index in [2.05, 4.69) is 16.3 Å². The molecule has 0 radical (unpaired) electrons. The first-order valence-corrected chi connectivity index (χ1v) is 13.4. The highest BCUT2D eigenvalue weighted by Crippen LogP contribution is 2.71. The van der Waals surface area contributed by atoms with Crippen molar-refractivity contribution < 1.29 is 24.1 Å². The van der Waals surface area contributed by atoms with E-state index in [9.17, 15) is 9.90 Å². The second-order valence-corrected chi connectivity index (χ2v) is 11.7. The molecule has 2 N–H and O–H groups in total. The van der Waals surface area contributed by atoms with Gasteiger partial charge >= 0.3 is 0 Å². The van der Waals surface area contributed by atoms with Crippen LogP contribution in [-0.4, -0.2) is 65.6 Å². The van der Waals surface area contributed by atoms with Crippen molar-refractivity contribution in [3.05, 3.63) is 53.6 Å². The van der Waals surface area contributed by atoms with Gasteiger partial charge in [0.25, 0.3) is 5.91 Å². The van der Waals surface area contributed by atoms with E-state index in [4.69, 9.17) is 14.2 Å². The lowest BCUT2D eigenvalue weighted by Crippen LogP contribution is -2.87. The molecule has 7 aliphatic rings. The molecule has 1 amide bonds. The summed E-state index contributed by atoms with van der Waals surface area (Å²) in [4.78, 5) is 16.3. The predicted molar refractivity (Wildman–Crippen MR) is 132 cm³/mol. The zero-order valence-corrected chi connectivity index (χ0v) is 20.5. The number of nitrogens with zero attached hydrogens (tertiary/aromatic N) is 1. The molecule has 2 spiro atoms. The molecular weight excluding hydrogens is 456 g/mol. The van der Waals surface area contributed by atoms with Crippen LogP contribution in [0.5, 0.6) is 11.5 Å². The third kappa shape index (κ3) is 2.47. The lowest BCUT2D eigenvalue weighted by molar-refractivity contribution is -0.344. The zero-order valence-electron chi connectivity index (χ0n) is 20.5. The van der Waals surface area contributed by atoms with Gasteiger partial charge in [-0.25, -0.2) is 0 Å². The molecule has 2 saturated carbocycles. The number of benzene rings is 2. The molecule has 5 fully saturated rings. The zero-order chi connectivity index (χ0) is 24.3. The van der Waals surface area contributed by atoms with Crippen LogP contribution < -0.4 is 14.8 Å². The van der Waals surface area contributed by atoms with Gasteiger partial charge in [-0.3, -0.25) is 9.69 Å². The Morgan fingerprint density at radius 2 is 2.00 bits per heavy atom. The fourth-order valence-electron chi connectivity index (χ4n) is 8.48. The summed E-state index contributed by atoms with van der Waals surface area (Å²) in [6.07, 6.45) is 3.96. The van der Waals surface area contributed by atoms with Crippen LogP contribution in [0.1, 0.15) is 43.2 Å². The van der Waals surface area contributed by atoms with Crippen LogP contribution in [0, 0.1) is 5.92 Å². The van der Waals surface area contributed by atoms with E-state index in [1.807, 2.05) is 36.4 Å². The van der Waals surface area contributed by atoms with Crippen molar-refractivity contribution in [1.29, 1.82) is 0 Å². The molecule has 2 aromatic rings. The van der Waals surface area contributed by atoms with Crippen molar-refractivity contribution >= 4 is 11.6 Å². The summed E-state index contributed by atoms with van der Waals surface area (Å²) >= 11 is 0. The van der Waals surface area contributed by atoms with Gasteiger partial charge < -0.3 is 24.6 Å². The second-order valence-electron chi connectivity index (χ2n) is 11.7. The SMILES string of the molecule is COc1ccc2c3c1O[C@H]1[C@@]4(O)CC[C@@]5(O[C@@H]4C(=O)Nc4ccccc4)[C@@H](C2)N(CC2CC2)CC[C@]315. The quantitative estimate of drug-likeness (QED) is 0.674. The molecule has 3 saturated heterocycles. The van der Waals surface area contributed by atoms with Gasteiger partial charge in [0.15, 0.2) is 17.6 Å². The van der Waals surface area contributed by atoms with Crippen molar-refractivity contribution in [1.82, 2.24) is 4.90 Å². The van der Waals surface area contributed by atoms with E-state index in [0.29, 0.717) is 17.9 Å². The van der Waals surface area contributed by atoms with Crippen LogP contribution in [0.25, 0.3) is 0 Å². The number of rotatable bonds is 5. The summed E-state index contributed by atoms with van der Waals surface area (Å²) in [5, 5.41) is 15.3. The van der Waals surface area contributed by atoms with Crippen molar-refractivity contribution in [2.75, 3.05) is 25.5 Å². The normalized spacial score (nSPS) is 39.3. The number of fused-ring (bicyclic) bond motifs is 2. The number of nitrogens with one attached hydrogen (secondary N) is 1. The van der Waals surface area contributed by atoms with Crippen LogP contribution in [-0.2, 0) is 21.4 Å². The molecule has 4 aliphatic heterocycles. The molecule has 7 nitrogen and oxygen atoms in total. The van der Waals surface area contributed by atoms with Gasteiger partial charge in [-0.15, -0.1) is 0 Å². The smallest absolute Gasteiger partial charge is 0.256 e. The third-order valence-electron chi connectivity index (χ3n) is 10.1. The van der Waals surface area contributed by atoms with Gasteiger partial charge in [-0.1, -0.05) is 24.3 Å². The molecule has 36 heavy (non-hydrogen) atoms. The Kier molecular flexibility index (Phi) is 4.19. The number of amides is 1. The second kappa shape index (κ2) is 7.03. The maximum atomic E-state index is 13.7. The fraction of sp³-hybridized carbons (Fsp3) is 0.552. The summed E-state index contributed by atoms with van der Waals surface area (Å²) in [5.74, 6) is 1.90. The summed E-state index contributed by atoms with van der Waals surface area (Å²) in [6.45, 7) is 2.04. The Morgan fingerprint density at radius 3 is 2.78 bits per heavy atom. The maximum Gasteiger partial charge on any atom is 0.256 e. The van der Waals surface area contributed by atoms with Gasteiger partial charge in [-0.2, -0.15) is 0 Å². The number of carbonyl (C=O) groups excluding carboxylic acids is 1. The van der Waals surface area contributed by atoms with Crippen LogP contribution in [0.2, 0.25) is 0 Å². The summed E-state index contributed by atoms with van der Waals surface area (Å²) < 4.78 is 19.5. The molecule has 4 bridgehead atoms. The molecule has 4 heterocycles. The van der Waals surface area contributed by atoms with Crippen molar-refractivity contribution in [3.8, 4) is 11.5 Å². The van der Waals surface area contributed by atoms with E-state index in [0.717, 1.165) is 49.6 Å². The van der Waals surface area contributed by atoms with Crippen molar-refractivity contribution in [2.45, 2.75) is 73.4 Å². The number of hydrogen-bond donors (Lipinski definition) is 2. The van der Waals surface area contributed by atoms with E-state index in [1.165, 1.54) is 18.4 Å². The van der Waals surface area contributed by atoms with Gasteiger partial charge in [0.2, 0.25) is 0 Å². The minimum absolute atomic E-state index is 0.154. The summed E-state index contributed by atoms with van der Waals surface area (Å²) in [7, 11) is 1.66. The summed E-state index contributed by atoms with van der Waals surface area (Å²) in [5.41, 5.74) is 0.637. The standard InChI is InChI=1S/C29H32N2O5/c1-34-20-10-9-18-15-21-29-12-11-28(33,24(36-29)25(32)30-19-5-3-2-4-6-19)26-27(29,22(18)23(20)35-26)13-14-31(21)16-17-7-8-17/h2-6,9-10,17,21,24,26,33H,7-8,11-16H2,1H3,(H,30,32)/t21-,24-,26-,27+,28-,29-/m1/s1. The average Bonchev–Trinajstić information content (AvgIpc) is 3.63. The topological polar surface area (TPSA) is 80.3 Å². The lowest BCUT2D eigenvalue weighted by atomic mass is 9.44. The lowest BCUT2D eigenvalue weighted by Gasteiger charge is -2.72. The molecule has 3 aliphatic carbocycles. The fourth-order valence-corrected chi connectivity index (χ4v) is 8.48. The van der Waals surface area contributed by atoms with E-state index in [-0.39, 0.29) is 11.9 Å². The number of ether oxygens (including phenoxy) is 3. The molecule has 0 aromatic heterocycles. The van der Waals surface area contributed by atoms with E-state index >= 15 is 0 Å². The molecule has 0 unspecified atom stereocenters. The van der Waals surface area contributed by atoms with E-state index in [1.54, 1.807) is 7.11 Å². The first kappa shape index (κ1) is 21.5. The maximum absolute atomic E-state index is 13.7. The van der Waals surface area contributed by atoms with Gasteiger partial charge in [0, 0.05) is 23.8 Å². The Morgan fingerprint density at radius 1 is 1.17 bits per heavy atom. The highest BCUT2D eigenvalue weighted by molar-refractivity contribution is 5.95. The number of carbonyl (C=O) groups is 1. The van der Waals surface area contributed by atoms with Gasteiger partial charge in [0.1, 0.15) is 11.7 Å². The van der Waals surface area contributed by atoms with Crippen LogP contribution in [0.4, 0.5) is 5.69 Å². The number of aliphatic hydroxyl groups is 1. The van der Waals surface area contributed by atoms with Crippen LogP contribution in [0.3, 0.4) is 0 Å². The largest absolute Gasteiger partial charge is 0.493 e. The number of likely N-dealkylation sites (tertiary alicyclic amines) is 1. The van der Waals surface area contributed by atoms with Gasteiger partial charge in [-0.05, 0) is 74.8 Å². The third-order valence-corrected chi connectivity index (χ3v) is 10.1.